The molecule has 2 N–H and O–H groups in total. The fourth-order valence-electron chi connectivity index (χ4n) is 6.36. The first-order chi connectivity index (χ1) is 18.5. The van der Waals surface area contributed by atoms with Gasteiger partial charge in [-0.25, -0.2) is 0 Å². The lowest BCUT2D eigenvalue weighted by atomic mass is 9.82. The van der Waals surface area contributed by atoms with Crippen LogP contribution in [0.2, 0.25) is 18.6 Å². The molecule has 0 bridgehead atoms. The molecule has 1 spiro atoms. The number of nitrogens with zero attached hydrogens (tertiary/aromatic N) is 5. The Bertz CT molecular complexity index is 1450. The van der Waals surface area contributed by atoms with Gasteiger partial charge in [-0.1, -0.05) is 12.1 Å². The number of anilines is 1. The van der Waals surface area contributed by atoms with Gasteiger partial charge in [-0.05, 0) is 49.8 Å². The zero-order chi connectivity index (χ0) is 28.1. The summed E-state index contributed by atoms with van der Waals surface area (Å²) >= 11 is 0. The average molecular weight is 554 g/mol. The predicted octanol–water partition coefficient (Wildman–Crippen LogP) is 1.84. The Morgan fingerprint density at radius 3 is 2.69 bits per heavy atom. The molecule has 0 saturated carbocycles. The van der Waals surface area contributed by atoms with Crippen LogP contribution in [0.3, 0.4) is 0 Å². The Hall–Kier alpha value is -3.32. The standard InChI is InChI=1S/C27H35N5O6Si/c1-17-24(39(4,5)36)22(10-13-31-16-18(11-14-33)28-29-31)38-27(17)20-15-19(8-9-21(20)30(2)26(27)35)32-12-6-7-23(37-3)25(32)34/h6-9,12,15-17,22,24,33,36H,10-11,13-14H2,1-5H3/t17-,22+,24-,27+/m1/s1. The van der Waals surface area contributed by atoms with Crippen LogP contribution in [0.4, 0.5) is 5.69 Å². The highest BCUT2D eigenvalue weighted by molar-refractivity contribution is 6.71. The fourth-order valence-corrected chi connectivity index (χ4v) is 8.96. The van der Waals surface area contributed by atoms with Gasteiger partial charge in [-0.3, -0.25) is 18.8 Å². The van der Waals surface area contributed by atoms with Crippen LogP contribution >= 0.6 is 0 Å². The van der Waals surface area contributed by atoms with E-state index in [9.17, 15) is 19.5 Å². The highest BCUT2D eigenvalue weighted by Crippen LogP contribution is 2.59. The van der Waals surface area contributed by atoms with Crippen molar-refractivity contribution in [3.05, 3.63) is 64.3 Å². The molecule has 208 valence electrons. The van der Waals surface area contributed by atoms with Crippen LogP contribution < -0.4 is 15.2 Å². The Morgan fingerprint density at radius 1 is 1.23 bits per heavy atom. The van der Waals surface area contributed by atoms with Crippen LogP contribution in [0, 0.1) is 5.92 Å². The van der Waals surface area contributed by atoms with Crippen molar-refractivity contribution in [3.8, 4) is 11.4 Å². The molecule has 0 unspecified atom stereocenters. The maximum Gasteiger partial charge on any atom is 0.297 e. The van der Waals surface area contributed by atoms with E-state index in [0.29, 0.717) is 42.0 Å². The van der Waals surface area contributed by atoms with Gasteiger partial charge in [0.15, 0.2) is 19.7 Å². The number of fused-ring (bicyclic) bond motifs is 2. The number of carbonyl (C=O) groups excluding carboxylic acids is 1. The first kappa shape index (κ1) is 27.3. The van der Waals surface area contributed by atoms with Crippen molar-refractivity contribution in [2.45, 2.75) is 56.7 Å². The summed E-state index contributed by atoms with van der Waals surface area (Å²) in [6, 6.07) is 8.82. The summed E-state index contributed by atoms with van der Waals surface area (Å²) < 4.78 is 15.2. The van der Waals surface area contributed by atoms with Crippen LogP contribution in [0.1, 0.15) is 24.6 Å². The number of aromatic nitrogens is 4. The topological polar surface area (TPSA) is 132 Å². The zero-order valence-corrected chi connectivity index (χ0v) is 23.9. The Morgan fingerprint density at radius 2 is 2.00 bits per heavy atom. The number of aliphatic hydroxyl groups is 1. The number of benzene rings is 1. The van der Waals surface area contributed by atoms with Crippen molar-refractivity contribution >= 4 is 19.9 Å². The lowest BCUT2D eigenvalue weighted by Crippen LogP contribution is -2.45. The quantitative estimate of drug-likeness (QED) is 0.404. The van der Waals surface area contributed by atoms with Crippen LogP contribution in [0.5, 0.6) is 5.75 Å². The van der Waals surface area contributed by atoms with E-state index in [-0.39, 0.29) is 35.3 Å². The second-order valence-corrected chi connectivity index (χ2v) is 14.9. The maximum absolute atomic E-state index is 14.0. The maximum atomic E-state index is 14.0. The monoisotopic (exact) mass is 553 g/mol. The molecule has 11 nitrogen and oxygen atoms in total. The average Bonchev–Trinajstić information content (AvgIpc) is 3.53. The molecule has 0 radical (unpaired) electrons. The smallest absolute Gasteiger partial charge is 0.297 e. The minimum atomic E-state index is -2.81. The summed E-state index contributed by atoms with van der Waals surface area (Å²) in [4.78, 5) is 40.0. The predicted molar refractivity (Wildman–Crippen MR) is 147 cm³/mol. The van der Waals surface area contributed by atoms with Crippen LogP contribution in [0.25, 0.3) is 5.69 Å². The van der Waals surface area contributed by atoms with E-state index in [2.05, 4.69) is 10.3 Å². The van der Waals surface area contributed by atoms with Crippen molar-refractivity contribution in [1.29, 1.82) is 0 Å². The van der Waals surface area contributed by atoms with Gasteiger partial charge in [-0.15, -0.1) is 5.10 Å². The van der Waals surface area contributed by atoms with Crippen LogP contribution in [-0.2, 0) is 28.1 Å². The molecule has 0 aliphatic carbocycles. The molecule has 1 amide bonds. The summed E-state index contributed by atoms with van der Waals surface area (Å²) in [5.41, 5.74) is 0.861. The molecule has 39 heavy (non-hydrogen) atoms. The number of rotatable bonds is 8. The number of aliphatic hydroxyl groups excluding tert-OH is 1. The Balaban J connectivity index is 1.55. The molecular weight excluding hydrogens is 518 g/mol. The second kappa shape index (κ2) is 10.0. The van der Waals surface area contributed by atoms with E-state index >= 15 is 0 Å². The molecule has 2 aliphatic heterocycles. The summed E-state index contributed by atoms with van der Waals surface area (Å²) in [6.07, 6.45) is 4.01. The number of ether oxygens (including phenoxy) is 2. The molecule has 1 fully saturated rings. The van der Waals surface area contributed by atoms with E-state index in [4.69, 9.17) is 9.47 Å². The number of pyridine rings is 1. The van der Waals surface area contributed by atoms with Gasteiger partial charge in [0.05, 0.1) is 24.6 Å². The highest BCUT2D eigenvalue weighted by Gasteiger charge is 2.65. The van der Waals surface area contributed by atoms with Gasteiger partial charge in [0.2, 0.25) is 0 Å². The molecule has 4 atom stereocenters. The third-order valence-corrected chi connectivity index (χ3v) is 10.6. The molecule has 2 aromatic heterocycles. The third-order valence-electron chi connectivity index (χ3n) is 8.10. The lowest BCUT2D eigenvalue weighted by Gasteiger charge is -2.32. The van der Waals surface area contributed by atoms with E-state index < -0.39 is 20.0 Å². The van der Waals surface area contributed by atoms with Crippen molar-refractivity contribution in [2.24, 2.45) is 5.92 Å². The minimum absolute atomic E-state index is 0.00421. The van der Waals surface area contributed by atoms with Gasteiger partial charge >= 0.3 is 0 Å². The number of methoxy groups -OCH3 is 1. The van der Waals surface area contributed by atoms with Gasteiger partial charge in [-0.2, -0.15) is 0 Å². The SMILES string of the molecule is COc1cccn(-c2ccc3c(c2)[C@]2(O[C@@H](CCn4cc(CCO)nn4)[C@H]([Si](C)(C)O)[C@H]2C)C(=O)N3C)c1=O. The van der Waals surface area contributed by atoms with Crippen molar-refractivity contribution < 1.29 is 24.2 Å². The first-order valence-electron chi connectivity index (χ1n) is 13.1. The third kappa shape index (κ3) is 4.41. The molecule has 1 saturated heterocycles. The largest absolute Gasteiger partial charge is 0.491 e. The van der Waals surface area contributed by atoms with Gasteiger partial charge < -0.3 is 24.3 Å². The normalized spacial score (nSPS) is 24.5. The van der Waals surface area contributed by atoms with Gasteiger partial charge in [0.25, 0.3) is 11.5 Å². The second-order valence-electron chi connectivity index (χ2n) is 10.9. The van der Waals surface area contributed by atoms with Crippen LogP contribution in [0.15, 0.2) is 47.5 Å². The summed E-state index contributed by atoms with van der Waals surface area (Å²) in [5.74, 6) is -0.282. The zero-order valence-electron chi connectivity index (χ0n) is 22.9. The van der Waals surface area contributed by atoms with Gasteiger partial charge in [0.1, 0.15) is 0 Å². The molecule has 3 aromatic rings. The Kier molecular flexibility index (Phi) is 7.00. The van der Waals surface area contributed by atoms with Crippen LogP contribution in [-0.4, -0.2) is 70.6 Å². The van der Waals surface area contributed by atoms with E-state index in [1.54, 1.807) is 47.2 Å². The minimum Gasteiger partial charge on any atom is -0.491 e. The number of hydrogen-bond acceptors (Lipinski definition) is 8. The fraction of sp³-hybridized carbons (Fsp3) is 0.481. The Labute approximate surface area is 227 Å². The molecule has 4 heterocycles. The summed E-state index contributed by atoms with van der Waals surface area (Å²) in [7, 11) is 0.373. The van der Waals surface area contributed by atoms with E-state index in [0.717, 1.165) is 0 Å². The molecule has 5 rings (SSSR count). The first-order valence-corrected chi connectivity index (χ1v) is 16.1. The van der Waals surface area contributed by atoms with Crippen molar-refractivity contribution in [3.63, 3.8) is 0 Å². The summed E-state index contributed by atoms with van der Waals surface area (Å²) in [6.45, 7) is 6.23. The van der Waals surface area contributed by atoms with Crippen molar-refractivity contribution in [1.82, 2.24) is 19.6 Å². The van der Waals surface area contributed by atoms with E-state index in [1.807, 2.05) is 32.2 Å². The number of aryl methyl sites for hydroxylation is 1. The number of amides is 1. The lowest BCUT2D eigenvalue weighted by molar-refractivity contribution is -0.145. The molecular formula is C27H35N5O6Si. The van der Waals surface area contributed by atoms with Crippen molar-refractivity contribution in [2.75, 3.05) is 25.7 Å². The highest BCUT2D eigenvalue weighted by atomic mass is 28.4. The van der Waals surface area contributed by atoms with Gasteiger partial charge in [0, 0.05) is 61.7 Å². The summed E-state index contributed by atoms with van der Waals surface area (Å²) in [5, 5.41) is 17.4. The number of likely N-dealkylation sites (N-methyl/N-ethyl adjacent to an activating group) is 1. The number of carbonyl (C=O) groups is 1. The molecule has 2 aliphatic rings. The van der Waals surface area contributed by atoms with E-state index in [1.165, 1.54) is 11.7 Å². The molecule has 1 aromatic carbocycles. The molecule has 12 heteroatoms. The number of hydrogen-bond donors (Lipinski definition) is 2.